The average molecular weight is 526 g/mol. The van der Waals surface area contributed by atoms with Gasteiger partial charge >= 0.3 is 0 Å². The zero-order chi connectivity index (χ0) is 25.5. The Labute approximate surface area is 224 Å². The summed E-state index contributed by atoms with van der Waals surface area (Å²) in [5.74, 6) is 0.0578. The van der Waals surface area contributed by atoms with E-state index in [1.165, 1.54) is 17.3 Å². The molecule has 1 aliphatic rings. The minimum absolute atomic E-state index is 0.0578. The van der Waals surface area contributed by atoms with Gasteiger partial charge in [-0.2, -0.15) is 0 Å². The summed E-state index contributed by atoms with van der Waals surface area (Å²) in [4.78, 5) is 17.0. The predicted octanol–water partition coefficient (Wildman–Crippen LogP) is 8.01. The van der Waals surface area contributed by atoms with Gasteiger partial charge in [0.25, 0.3) is 5.69 Å². The van der Waals surface area contributed by atoms with Gasteiger partial charge in [-0.05, 0) is 53.9 Å². The first-order valence-corrected chi connectivity index (χ1v) is 13.3. The lowest BCUT2D eigenvalue weighted by Gasteiger charge is -2.31. The van der Waals surface area contributed by atoms with Gasteiger partial charge in [-0.1, -0.05) is 83.5 Å². The molecule has 4 aromatic carbocycles. The SMILES string of the molecule is Cc1ccc(Sc2ccc([C@H]3NC[C@H](c4ccccc4Cl)c4c3[nH]c3ccccc43)cc2[N+](=O)[O-])cc1. The van der Waals surface area contributed by atoms with Crippen molar-refractivity contribution < 1.29 is 4.92 Å². The van der Waals surface area contributed by atoms with E-state index in [1.54, 1.807) is 6.07 Å². The van der Waals surface area contributed by atoms with Gasteiger partial charge in [-0.15, -0.1) is 0 Å². The quantitative estimate of drug-likeness (QED) is 0.180. The van der Waals surface area contributed by atoms with Crippen LogP contribution in [0, 0.1) is 17.0 Å². The minimum Gasteiger partial charge on any atom is -0.357 e. The first-order chi connectivity index (χ1) is 18.0. The second-order valence-electron chi connectivity index (χ2n) is 9.31. The molecule has 184 valence electrons. The Morgan fingerprint density at radius 2 is 1.73 bits per heavy atom. The van der Waals surface area contributed by atoms with Crippen LogP contribution in [0.3, 0.4) is 0 Å². The summed E-state index contributed by atoms with van der Waals surface area (Å²) in [6.45, 7) is 2.69. The van der Waals surface area contributed by atoms with Crippen molar-refractivity contribution in [3.8, 4) is 0 Å². The largest absolute Gasteiger partial charge is 0.357 e. The maximum absolute atomic E-state index is 12.1. The normalized spacial score (nSPS) is 17.0. The number of hydrogen-bond acceptors (Lipinski definition) is 4. The van der Waals surface area contributed by atoms with Crippen LogP contribution in [0.15, 0.2) is 101 Å². The molecular weight excluding hydrogens is 502 g/mol. The summed E-state index contributed by atoms with van der Waals surface area (Å²) in [5.41, 5.74) is 6.43. The highest BCUT2D eigenvalue weighted by Gasteiger charge is 2.34. The molecule has 0 saturated carbocycles. The van der Waals surface area contributed by atoms with E-state index >= 15 is 0 Å². The van der Waals surface area contributed by atoms with Gasteiger partial charge in [0.1, 0.15) is 0 Å². The molecule has 0 amide bonds. The van der Waals surface area contributed by atoms with Crippen molar-refractivity contribution >= 4 is 40.0 Å². The Kier molecular flexibility index (Phi) is 6.24. The zero-order valence-electron chi connectivity index (χ0n) is 20.1. The van der Waals surface area contributed by atoms with Crippen LogP contribution in [0.1, 0.15) is 39.9 Å². The van der Waals surface area contributed by atoms with E-state index in [0.29, 0.717) is 11.4 Å². The van der Waals surface area contributed by atoms with E-state index in [0.717, 1.165) is 43.2 Å². The highest BCUT2D eigenvalue weighted by atomic mass is 35.5. The second kappa shape index (κ2) is 9.71. The zero-order valence-corrected chi connectivity index (χ0v) is 21.6. The third-order valence-electron chi connectivity index (χ3n) is 6.98. The number of nitro groups is 1. The smallest absolute Gasteiger partial charge is 0.283 e. The summed E-state index contributed by atoms with van der Waals surface area (Å²) in [7, 11) is 0. The summed E-state index contributed by atoms with van der Waals surface area (Å²) in [6, 6.07) is 29.6. The van der Waals surface area contributed by atoms with Gasteiger partial charge in [0.05, 0.1) is 15.9 Å². The molecule has 1 aliphatic heterocycles. The number of halogens is 1. The number of nitrogens with zero attached hydrogens (tertiary/aromatic N) is 1. The molecule has 0 saturated heterocycles. The van der Waals surface area contributed by atoms with Crippen LogP contribution in [-0.4, -0.2) is 16.5 Å². The van der Waals surface area contributed by atoms with Gasteiger partial charge in [0, 0.05) is 45.0 Å². The topological polar surface area (TPSA) is 71.0 Å². The summed E-state index contributed by atoms with van der Waals surface area (Å²) in [6.07, 6.45) is 0. The van der Waals surface area contributed by atoms with Gasteiger partial charge in [-0.3, -0.25) is 10.1 Å². The standard InChI is InChI=1S/C30H24ClN3O2S/c1-18-10-13-20(14-11-18)37-27-15-12-19(16-26(27)34(35)36)29-30-28(22-7-3-5-9-25(22)33-30)23(17-32-29)21-6-2-4-8-24(21)31/h2-16,23,29,32-33H,17H2,1H3/t23-,29-/m1/s1. The lowest BCUT2D eigenvalue weighted by atomic mass is 9.83. The van der Waals surface area contributed by atoms with Crippen LogP contribution in [-0.2, 0) is 0 Å². The van der Waals surface area contributed by atoms with Gasteiger partial charge in [-0.25, -0.2) is 0 Å². The number of aryl methyl sites for hydroxylation is 1. The van der Waals surface area contributed by atoms with Gasteiger partial charge < -0.3 is 10.3 Å². The summed E-state index contributed by atoms with van der Waals surface area (Å²) >= 11 is 8.04. The fourth-order valence-corrected chi connectivity index (χ4v) is 6.38. The Balaban J connectivity index is 1.44. The lowest BCUT2D eigenvalue weighted by Crippen LogP contribution is -2.34. The Morgan fingerprint density at radius 1 is 0.973 bits per heavy atom. The van der Waals surface area contributed by atoms with Crippen LogP contribution < -0.4 is 5.32 Å². The van der Waals surface area contributed by atoms with E-state index in [2.05, 4.69) is 28.5 Å². The highest BCUT2D eigenvalue weighted by molar-refractivity contribution is 7.99. The number of H-pyrrole nitrogens is 1. The molecule has 0 spiro atoms. The highest BCUT2D eigenvalue weighted by Crippen LogP contribution is 2.44. The first kappa shape index (κ1) is 23.8. The summed E-state index contributed by atoms with van der Waals surface area (Å²) in [5, 5.41) is 17.6. The number of hydrogen-bond donors (Lipinski definition) is 2. The Morgan fingerprint density at radius 3 is 2.51 bits per heavy atom. The molecule has 0 unspecified atom stereocenters. The molecule has 2 heterocycles. The number of fused-ring (bicyclic) bond motifs is 3. The molecule has 5 nitrogen and oxygen atoms in total. The Bertz CT molecular complexity index is 1630. The number of aromatic amines is 1. The van der Waals surface area contributed by atoms with Crippen molar-refractivity contribution in [2.45, 2.75) is 28.7 Å². The van der Waals surface area contributed by atoms with E-state index < -0.39 is 0 Å². The van der Waals surface area contributed by atoms with Crippen LogP contribution >= 0.6 is 23.4 Å². The van der Waals surface area contributed by atoms with Crippen molar-refractivity contribution in [2.24, 2.45) is 0 Å². The van der Waals surface area contributed by atoms with Gasteiger partial charge in [0.2, 0.25) is 0 Å². The van der Waals surface area contributed by atoms with Crippen molar-refractivity contribution in [3.05, 3.63) is 134 Å². The fraction of sp³-hybridized carbons (Fsp3) is 0.133. The van der Waals surface area contributed by atoms with E-state index in [1.807, 2.05) is 73.7 Å². The monoisotopic (exact) mass is 525 g/mol. The van der Waals surface area contributed by atoms with Crippen LogP contribution in [0.2, 0.25) is 5.02 Å². The van der Waals surface area contributed by atoms with E-state index in [4.69, 9.17) is 11.6 Å². The van der Waals surface area contributed by atoms with Crippen molar-refractivity contribution in [2.75, 3.05) is 6.54 Å². The summed E-state index contributed by atoms with van der Waals surface area (Å²) < 4.78 is 0. The number of aromatic nitrogens is 1. The van der Waals surface area contributed by atoms with Crippen molar-refractivity contribution in [3.63, 3.8) is 0 Å². The van der Waals surface area contributed by atoms with Crippen LogP contribution in [0.25, 0.3) is 10.9 Å². The van der Waals surface area contributed by atoms with Crippen LogP contribution in [0.4, 0.5) is 5.69 Å². The molecule has 7 heteroatoms. The first-order valence-electron chi connectivity index (χ1n) is 12.1. The molecule has 0 radical (unpaired) electrons. The minimum atomic E-state index is -0.290. The fourth-order valence-electron chi connectivity index (χ4n) is 5.21. The number of benzene rings is 4. The molecule has 0 bridgehead atoms. The lowest BCUT2D eigenvalue weighted by molar-refractivity contribution is -0.387. The maximum atomic E-state index is 12.1. The number of para-hydroxylation sites is 1. The van der Waals surface area contributed by atoms with Crippen molar-refractivity contribution in [1.29, 1.82) is 0 Å². The third kappa shape index (κ3) is 4.42. The van der Waals surface area contributed by atoms with Crippen molar-refractivity contribution in [1.82, 2.24) is 10.3 Å². The molecule has 0 aliphatic carbocycles. The van der Waals surface area contributed by atoms with Crippen LogP contribution in [0.5, 0.6) is 0 Å². The maximum Gasteiger partial charge on any atom is 0.283 e. The van der Waals surface area contributed by atoms with Gasteiger partial charge in [0.15, 0.2) is 0 Å². The number of nitrogens with one attached hydrogen (secondary N) is 2. The average Bonchev–Trinajstić information content (AvgIpc) is 3.30. The molecule has 6 rings (SSSR count). The van der Waals surface area contributed by atoms with E-state index in [9.17, 15) is 10.1 Å². The molecule has 2 N–H and O–H groups in total. The molecule has 0 fully saturated rings. The molecule has 5 aromatic rings. The predicted molar refractivity (Wildman–Crippen MR) is 150 cm³/mol. The Hall–Kier alpha value is -3.58. The molecule has 37 heavy (non-hydrogen) atoms. The molecule has 1 aromatic heterocycles. The molecular formula is C30H24ClN3O2S. The third-order valence-corrected chi connectivity index (χ3v) is 8.40. The number of rotatable bonds is 5. The second-order valence-corrected chi connectivity index (χ2v) is 10.8. The number of nitro benzene ring substituents is 1. The molecule has 2 atom stereocenters. The van der Waals surface area contributed by atoms with E-state index in [-0.39, 0.29) is 22.6 Å².